The number of amides is 3. The minimum atomic E-state index is -0.479. The van der Waals surface area contributed by atoms with Gasteiger partial charge < -0.3 is 14.5 Å². The molecule has 1 atom stereocenters. The summed E-state index contributed by atoms with van der Waals surface area (Å²) in [5, 5.41) is 2.65. The van der Waals surface area contributed by atoms with Crippen molar-refractivity contribution in [1.82, 2.24) is 16.2 Å². The standard InChI is InChI=1S/C19H25N3O4/c1-13-12-17(15(3)26-13)18(23)21-22-19(24)20-10-7-11-25-14(2)16-8-5-4-6-9-16/h4-6,8-9,12,14H,7,10-11H2,1-3H3,(H,21,23)(H2,20,22,24). The molecule has 0 radical (unpaired) electrons. The zero-order chi connectivity index (χ0) is 18.9. The zero-order valence-corrected chi connectivity index (χ0v) is 15.3. The maximum absolute atomic E-state index is 11.9. The molecule has 2 aromatic rings. The van der Waals surface area contributed by atoms with E-state index in [0.29, 0.717) is 36.7 Å². The second-order valence-corrected chi connectivity index (χ2v) is 5.94. The van der Waals surface area contributed by atoms with Gasteiger partial charge in [0.2, 0.25) is 0 Å². The smallest absolute Gasteiger partial charge is 0.333 e. The molecule has 140 valence electrons. The lowest BCUT2D eigenvalue weighted by atomic mass is 10.1. The van der Waals surface area contributed by atoms with Gasteiger partial charge >= 0.3 is 6.03 Å². The summed E-state index contributed by atoms with van der Waals surface area (Å²) in [6.07, 6.45) is 0.671. The number of benzene rings is 1. The van der Waals surface area contributed by atoms with Crippen molar-refractivity contribution >= 4 is 11.9 Å². The summed E-state index contributed by atoms with van der Waals surface area (Å²) >= 11 is 0. The zero-order valence-electron chi connectivity index (χ0n) is 15.3. The van der Waals surface area contributed by atoms with Gasteiger partial charge in [0.15, 0.2) is 0 Å². The van der Waals surface area contributed by atoms with E-state index in [-0.39, 0.29) is 6.10 Å². The number of rotatable bonds is 7. The van der Waals surface area contributed by atoms with Gasteiger partial charge in [-0.1, -0.05) is 30.3 Å². The summed E-state index contributed by atoms with van der Waals surface area (Å²) in [5.74, 6) is 0.725. The van der Waals surface area contributed by atoms with E-state index in [1.54, 1.807) is 19.9 Å². The van der Waals surface area contributed by atoms with Crippen LogP contribution in [0, 0.1) is 13.8 Å². The summed E-state index contributed by atoms with van der Waals surface area (Å²) in [6.45, 7) is 6.40. The normalized spacial score (nSPS) is 11.7. The number of hydrazine groups is 1. The van der Waals surface area contributed by atoms with Crippen LogP contribution >= 0.6 is 0 Å². The van der Waals surface area contributed by atoms with Gasteiger partial charge in [-0.2, -0.15) is 0 Å². The van der Waals surface area contributed by atoms with E-state index >= 15 is 0 Å². The number of furan rings is 1. The first-order valence-corrected chi connectivity index (χ1v) is 8.55. The minimum Gasteiger partial charge on any atom is -0.466 e. The van der Waals surface area contributed by atoms with E-state index in [2.05, 4.69) is 16.2 Å². The molecular weight excluding hydrogens is 334 g/mol. The highest BCUT2D eigenvalue weighted by Crippen LogP contribution is 2.15. The van der Waals surface area contributed by atoms with Crippen LogP contribution in [0.1, 0.15) is 46.9 Å². The number of carbonyl (C=O) groups is 2. The molecule has 26 heavy (non-hydrogen) atoms. The first-order valence-electron chi connectivity index (χ1n) is 8.55. The monoisotopic (exact) mass is 359 g/mol. The Morgan fingerprint density at radius 1 is 1.15 bits per heavy atom. The van der Waals surface area contributed by atoms with Crippen LogP contribution in [-0.2, 0) is 4.74 Å². The first kappa shape index (κ1) is 19.5. The van der Waals surface area contributed by atoms with E-state index in [1.165, 1.54) is 0 Å². The number of nitrogens with one attached hydrogen (secondary N) is 3. The summed E-state index contributed by atoms with van der Waals surface area (Å²) in [7, 11) is 0. The summed E-state index contributed by atoms with van der Waals surface area (Å²) in [5.41, 5.74) is 6.16. The Bertz CT molecular complexity index is 728. The van der Waals surface area contributed by atoms with E-state index in [1.807, 2.05) is 37.3 Å². The maximum atomic E-state index is 11.9. The Morgan fingerprint density at radius 2 is 1.88 bits per heavy atom. The van der Waals surface area contributed by atoms with E-state index in [0.717, 1.165) is 5.56 Å². The lowest BCUT2D eigenvalue weighted by molar-refractivity contribution is 0.0643. The van der Waals surface area contributed by atoms with Crippen LogP contribution in [0.25, 0.3) is 0 Å². The molecule has 3 amide bonds. The van der Waals surface area contributed by atoms with Crippen molar-refractivity contribution in [1.29, 1.82) is 0 Å². The molecule has 0 spiro atoms. The van der Waals surface area contributed by atoms with Gasteiger partial charge in [-0.3, -0.25) is 10.2 Å². The third kappa shape index (κ3) is 5.93. The number of carbonyl (C=O) groups excluding carboxylic acids is 2. The summed E-state index contributed by atoms with van der Waals surface area (Å²) in [4.78, 5) is 23.6. The van der Waals surface area contributed by atoms with Gasteiger partial charge in [-0.15, -0.1) is 0 Å². The quantitative estimate of drug-likeness (QED) is 0.523. The van der Waals surface area contributed by atoms with E-state index < -0.39 is 11.9 Å². The minimum absolute atomic E-state index is 0.00553. The van der Waals surface area contributed by atoms with Gasteiger partial charge in [0.05, 0.1) is 11.7 Å². The second-order valence-electron chi connectivity index (χ2n) is 5.94. The predicted molar refractivity (Wildman–Crippen MR) is 97.6 cm³/mol. The fourth-order valence-corrected chi connectivity index (χ4v) is 2.44. The predicted octanol–water partition coefficient (Wildman–Crippen LogP) is 3.01. The van der Waals surface area contributed by atoms with Crippen LogP contribution in [0.5, 0.6) is 0 Å². The van der Waals surface area contributed by atoms with Gasteiger partial charge in [0.1, 0.15) is 11.5 Å². The van der Waals surface area contributed by atoms with Crippen LogP contribution in [0.3, 0.4) is 0 Å². The van der Waals surface area contributed by atoms with Gasteiger partial charge in [0.25, 0.3) is 5.91 Å². The highest BCUT2D eigenvalue weighted by Gasteiger charge is 2.13. The molecule has 0 bridgehead atoms. The molecular formula is C19H25N3O4. The van der Waals surface area contributed by atoms with Crippen molar-refractivity contribution in [2.75, 3.05) is 13.2 Å². The van der Waals surface area contributed by atoms with Crippen LogP contribution in [0.15, 0.2) is 40.8 Å². The molecule has 1 unspecified atom stereocenters. The van der Waals surface area contributed by atoms with Crippen LogP contribution in [0.4, 0.5) is 4.79 Å². The van der Waals surface area contributed by atoms with Crippen LogP contribution in [0.2, 0.25) is 0 Å². The van der Waals surface area contributed by atoms with Crippen molar-refractivity contribution in [3.63, 3.8) is 0 Å². The highest BCUT2D eigenvalue weighted by atomic mass is 16.5. The Labute approximate surface area is 153 Å². The molecule has 0 aliphatic rings. The fourth-order valence-electron chi connectivity index (χ4n) is 2.44. The molecule has 0 saturated heterocycles. The largest absolute Gasteiger partial charge is 0.466 e. The number of hydrogen-bond donors (Lipinski definition) is 3. The lowest BCUT2D eigenvalue weighted by Gasteiger charge is -2.13. The highest BCUT2D eigenvalue weighted by molar-refractivity contribution is 5.96. The molecule has 2 rings (SSSR count). The molecule has 0 aliphatic heterocycles. The van der Waals surface area contributed by atoms with Crippen LogP contribution in [-0.4, -0.2) is 25.1 Å². The van der Waals surface area contributed by atoms with Crippen molar-refractivity contribution in [3.05, 3.63) is 59.0 Å². The molecule has 1 aromatic carbocycles. The van der Waals surface area contributed by atoms with Gasteiger partial charge in [-0.25, -0.2) is 10.2 Å². The number of urea groups is 1. The average molecular weight is 359 g/mol. The molecule has 3 N–H and O–H groups in total. The average Bonchev–Trinajstić information content (AvgIpc) is 2.98. The topological polar surface area (TPSA) is 92.6 Å². The molecule has 1 heterocycles. The first-order chi connectivity index (χ1) is 12.5. The molecule has 0 saturated carbocycles. The van der Waals surface area contributed by atoms with E-state index in [4.69, 9.17) is 9.15 Å². The number of aryl methyl sites for hydroxylation is 2. The SMILES string of the molecule is Cc1cc(C(=O)NNC(=O)NCCCOC(C)c2ccccc2)c(C)o1. The summed E-state index contributed by atoms with van der Waals surface area (Å²) in [6, 6.07) is 11.1. The van der Waals surface area contributed by atoms with Crippen molar-refractivity contribution < 1.29 is 18.7 Å². The Balaban J connectivity index is 1.59. The second kappa shape index (κ2) is 9.62. The number of hydrogen-bond acceptors (Lipinski definition) is 4. The van der Waals surface area contributed by atoms with Crippen LogP contribution < -0.4 is 16.2 Å². The Hall–Kier alpha value is -2.80. The van der Waals surface area contributed by atoms with Gasteiger partial charge in [0, 0.05) is 13.2 Å². The number of ether oxygens (including phenoxy) is 1. The maximum Gasteiger partial charge on any atom is 0.333 e. The van der Waals surface area contributed by atoms with Crippen molar-refractivity contribution in [2.24, 2.45) is 0 Å². The third-order valence-corrected chi connectivity index (χ3v) is 3.82. The van der Waals surface area contributed by atoms with Gasteiger partial charge in [-0.05, 0) is 38.8 Å². The summed E-state index contributed by atoms with van der Waals surface area (Å²) < 4.78 is 11.0. The molecule has 0 fully saturated rings. The molecule has 0 aliphatic carbocycles. The molecule has 7 heteroatoms. The van der Waals surface area contributed by atoms with E-state index in [9.17, 15) is 9.59 Å². The Kier molecular flexibility index (Phi) is 7.23. The molecule has 7 nitrogen and oxygen atoms in total. The van der Waals surface area contributed by atoms with Crippen molar-refractivity contribution in [3.8, 4) is 0 Å². The van der Waals surface area contributed by atoms with Crippen molar-refractivity contribution in [2.45, 2.75) is 33.3 Å². The Morgan fingerprint density at radius 3 is 2.54 bits per heavy atom. The lowest BCUT2D eigenvalue weighted by Crippen LogP contribution is -2.47. The fraction of sp³-hybridized carbons (Fsp3) is 0.368. The molecule has 1 aromatic heterocycles. The third-order valence-electron chi connectivity index (χ3n) is 3.82.